The first-order valence-corrected chi connectivity index (χ1v) is 10.9. The highest BCUT2D eigenvalue weighted by Crippen LogP contribution is 2.26. The highest BCUT2D eigenvalue weighted by Gasteiger charge is 2.26. The summed E-state index contributed by atoms with van der Waals surface area (Å²) in [6.45, 7) is 1.74. The first kappa shape index (κ1) is 21.0. The van der Waals surface area contributed by atoms with Crippen LogP contribution in [0.15, 0.2) is 53.9 Å². The third kappa shape index (κ3) is 4.59. The Kier molecular flexibility index (Phi) is 6.27. The van der Waals surface area contributed by atoms with Crippen LogP contribution in [-0.4, -0.2) is 59.9 Å². The van der Waals surface area contributed by atoms with Gasteiger partial charge in [0.25, 0.3) is 11.8 Å². The van der Waals surface area contributed by atoms with Crippen LogP contribution < -0.4 is 4.74 Å². The molecule has 8 heteroatoms. The van der Waals surface area contributed by atoms with Gasteiger partial charge in [0, 0.05) is 37.1 Å². The summed E-state index contributed by atoms with van der Waals surface area (Å²) >= 11 is 1.41. The number of halogens is 1. The predicted molar refractivity (Wildman–Crippen MR) is 117 cm³/mol. The Morgan fingerprint density at radius 3 is 2.32 bits per heavy atom. The van der Waals surface area contributed by atoms with Crippen LogP contribution in [-0.2, 0) is 0 Å². The highest BCUT2D eigenvalue weighted by molar-refractivity contribution is 7.13. The number of nitrogens with zero attached hydrogens (tertiary/aromatic N) is 3. The maximum atomic E-state index is 14.0. The van der Waals surface area contributed by atoms with E-state index in [9.17, 15) is 14.0 Å². The lowest BCUT2D eigenvalue weighted by Crippen LogP contribution is -2.37. The molecule has 0 unspecified atom stereocenters. The molecule has 3 aromatic rings. The van der Waals surface area contributed by atoms with Crippen LogP contribution in [0.25, 0.3) is 10.6 Å². The summed E-state index contributed by atoms with van der Waals surface area (Å²) in [5, 5.41) is 2.52. The monoisotopic (exact) mass is 439 g/mol. The predicted octanol–water partition coefficient (Wildman–Crippen LogP) is 3.95. The zero-order chi connectivity index (χ0) is 21.8. The number of hydrogen-bond acceptors (Lipinski definition) is 5. The summed E-state index contributed by atoms with van der Waals surface area (Å²) in [5.41, 5.74) is 1.37. The Balaban J connectivity index is 1.42. The molecule has 1 aliphatic heterocycles. The lowest BCUT2D eigenvalue weighted by molar-refractivity contribution is 0.0713. The zero-order valence-corrected chi connectivity index (χ0v) is 17.9. The molecule has 1 aliphatic rings. The molecule has 1 aromatic heterocycles. The standard InChI is InChI=1S/C23H22FN3O3S/c1-30-17-9-7-16(8-10-17)21-25-20(15-31-21)23(29)27-12-4-11-26(13-14-27)22(28)18-5-2-3-6-19(18)24/h2-3,5-10,15H,4,11-14H2,1H3. The minimum atomic E-state index is -0.529. The van der Waals surface area contributed by atoms with Crippen LogP contribution in [0.4, 0.5) is 4.39 Å². The average Bonchev–Trinajstić information content (AvgIpc) is 3.16. The first-order valence-electron chi connectivity index (χ1n) is 10.00. The van der Waals surface area contributed by atoms with Crippen LogP contribution in [0, 0.1) is 5.82 Å². The summed E-state index contributed by atoms with van der Waals surface area (Å²) in [4.78, 5) is 33.5. The maximum Gasteiger partial charge on any atom is 0.273 e. The Labute approximate surface area is 183 Å². The average molecular weight is 440 g/mol. The van der Waals surface area contributed by atoms with Crippen molar-refractivity contribution in [3.63, 3.8) is 0 Å². The van der Waals surface area contributed by atoms with Crippen molar-refractivity contribution in [2.75, 3.05) is 33.3 Å². The van der Waals surface area contributed by atoms with Gasteiger partial charge in [-0.25, -0.2) is 9.37 Å². The van der Waals surface area contributed by atoms with E-state index in [1.54, 1.807) is 34.4 Å². The van der Waals surface area contributed by atoms with Crippen molar-refractivity contribution < 1.29 is 18.7 Å². The second-order valence-electron chi connectivity index (χ2n) is 7.18. The minimum Gasteiger partial charge on any atom is -0.497 e. The van der Waals surface area contributed by atoms with E-state index in [1.165, 1.54) is 23.5 Å². The largest absolute Gasteiger partial charge is 0.497 e. The Bertz CT molecular complexity index is 1080. The van der Waals surface area contributed by atoms with Gasteiger partial charge in [0.2, 0.25) is 0 Å². The number of methoxy groups -OCH3 is 1. The van der Waals surface area contributed by atoms with E-state index >= 15 is 0 Å². The van der Waals surface area contributed by atoms with Gasteiger partial charge in [-0.2, -0.15) is 0 Å². The lowest BCUT2D eigenvalue weighted by atomic mass is 10.2. The second kappa shape index (κ2) is 9.26. The van der Waals surface area contributed by atoms with Crippen LogP contribution in [0.5, 0.6) is 5.75 Å². The molecule has 0 saturated carbocycles. The van der Waals surface area contributed by atoms with E-state index in [-0.39, 0.29) is 17.4 Å². The van der Waals surface area contributed by atoms with Gasteiger partial charge >= 0.3 is 0 Å². The van der Waals surface area contributed by atoms with Gasteiger partial charge in [-0.1, -0.05) is 12.1 Å². The van der Waals surface area contributed by atoms with E-state index in [0.717, 1.165) is 16.3 Å². The van der Waals surface area contributed by atoms with Gasteiger partial charge in [-0.05, 0) is 42.8 Å². The van der Waals surface area contributed by atoms with Crippen molar-refractivity contribution in [2.24, 2.45) is 0 Å². The molecule has 1 saturated heterocycles. The second-order valence-corrected chi connectivity index (χ2v) is 8.04. The van der Waals surface area contributed by atoms with Gasteiger partial charge in [-0.3, -0.25) is 9.59 Å². The number of aromatic nitrogens is 1. The van der Waals surface area contributed by atoms with Crippen molar-refractivity contribution >= 4 is 23.2 Å². The van der Waals surface area contributed by atoms with Gasteiger partial charge < -0.3 is 14.5 Å². The van der Waals surface area contributed by atoms with Crippen LogP contribution in [0.1, 0.15) is 27.3 Å². The van der Waals surface area contributed by atoms with Crippen molar-refractivity contribution in [1.82, 2.24) is 14.8 Å². The van der Waals surface area contributed by atoms with Crippen molar-refractivity contribution in [3.05, 3.63) is 71.0 Å². The van der Waals surface area contributed by atoms with E-state index in [0.29, 0.717) is 38.3 Å². The first-order chi connectivity index (χ1) is 15.1. The van der Waals surface area contributed by atoms with E-state index in [4.69, 9.17) is 4.74 Å². The molecule has 160 valence electrons. The fourth-order valence-corrected chi connectivity index (χ4v) is 4.33. The Morgan fingerprint density at radius 2 is 1.65 bits per heavy atom. The molecule has 2 heterocycles. The number of rotatable bonds is 4. The molecule has 1 fully saturated rings. The normalized spacial score (nSPS) is 14.3. The number of carbonyl (C=O) groups is 2. The van der Waals surface area contributed by atoms with Gasteiger partial charge in [0.1, 0.15) is 22.3 Å². The fourth-order valence-electron chi connectivity index (χ4n) is 3.53. The van der Waals surface area contributed by atoms with Gasteiger partial charge in [0.15, 0.2) is 0 Å². The van der Waals surface area contributed by atoms with E-state index in [1.807, 2.05) is 24.3 Å². The molecular formula is C23H22FN3O3S. The number of thiazole rings is 1. The summed E-state index contributed by atoms with van der Waals surface area (Å²) in [6, 6.07) is 13.5. The van der Waals surface area contributed by atoms with Crippen LogP contribution in [0.3, 0.4) is 0 Å². The number of hydrogen-bond donors (Lipinski definition) is 0. The number of benzene rings is 2. The fraction of sp³-hybridized carbons (Fsp3) is 0.261. The van der Waals surface area contributed by atoms with Crippen LogP contribution in [0.2, 0.25) is 0 Å². The molecule has 6 nitrogen and oxygen atoms in total. The van der Waals surface area contributed by atoms with E-state index in [2.05, 4.69) is 4.98 Å². The molecule has 0 bridgehead atoms. The number of carbonyl (C=O) groups excluding carboxylic acids is 2. The number of ether oxygens (including phenoxy) is 1. The van der Waals surface area contributed by atoms with Crippen molar-refractivity contribution in [3.8, 4) is 16.3 Å². The maximum absolute atomic E-state index is 14.0. The highest BCUT2D eigenvalue weighted by atomic mass is 32.1. The third-order valence-corrected chi connectivity index (χ3v) is 6.13. The minimum absolute atomic E-state index is 0.0610. The lowest BCUT2D eigenvalue weighted by Gasteiger charge is -2.22. The summed E-state index contributed by atoms with van der Waals surface area (Å²) in [7, 11) is 1.61. The van der Waals surface area contributed by atoms with E-state index < -0.39 is 5.82 Å². The molecule has 2 amide bonds. The summed E-state index contributed by atoms with van der Waals surface area (Å²) in [5.74, 6) is -0.270. The molecular weight excluding hydrogens is 417 g/mol. The topological polar surface area (TPSA) is 62.7 Å². The third-order valence-electron chi connectivity index (χ3n) is 5.23. The van der Waals surface area contributed by atoms with Crippen molar-refractivity contribution in [2.45, 2.75) is 6.42 Å². The zero-order valence-electron chi connectivity index (χ0n) is 17.1. The Hall–Kier alpha value is -3.26. The molecule has 0 radical (unpaired) electrons. The summed E-state index contributed by atoms with van der Waals surface area (Å²) < 4.78 is 19.2. The SMILES string of the molecule is COc1ccc(-c2nc(C(=O)N3CCCN(C(=O)c4ccccc4F)CC3)cs2)cc1. The molecule has 4 rings (SSSR count). The van der Waals surface area contributed by atoms with Gasteiger partial charge in [-0.15, -0.1) is 11.3 Å². The molecule has 31 heavy (non-hydrogen) atoms. The van der Waals surface area contributed by atoms with Crippen LogP contribution >= 0.6 is 11.3 Å². The molecule has 2 aromatic carbocycles. The van der Waals surface area contributed by atoms with Gasteiger partial charge in [0.05, 0.1) is 12.7 Å². The summed E-state index contributed by atoms with van der Waals surface area (Å²) in [6.07, 6.45) is 0.626. The van der Waals surface area contributed by atoms with Crippen molar-refractivity contribution in [1.29, 1.82) is 0 Å². The molecule has 0 atom stereocenters. The molecule has 0 N–H and O–H groups in total. The Morgan fingerprint density at radius 1 is 0.968 bits per heavy atom. The quantitative estimate of drug-likeness (QED) is 0.618. The smallest absolute Gasteiger partial charge is 0.273 e. The number of amides is 2. The molecule has 0 spiro atoms. The molecule has 0 aliphatic carbocycles.